The van der Waals surface area contributed by atoms with Crippen LogP contribution in [0.25, 0.3) is 0 Å². The molecule has 0 amide bonds. The van der Waals surface area contributed by atoms with Crippen molar-refractivity contribution >= 4 is 38.8 Å². The lowest BCUT2D eigenvalue weighted by atomic mass is 10.0. The molecule has 4 N–H and O–H groups in total. The van der Waals surface area contributed by atoms with Gasteiger partial charge in [-0.25, -0.2) is 4.98 Å². The zero-order chi connectivity index (χ0) is 20.4. The first-order valence-corrected chi connectivity index (χ1v) is 10.8. The van der Waals surface area contributed by atoms with Gasteiger partial charge in [0.2, 0.25) is 0 Å². The molecule has 0 saturated carbocycles. The highest BCUT2D eigenvalue weighted by atomic mass is 79.9. The van der Waals surface area contributed by atoms with Crippen LogP contribution in [0.4, 0.5) is 22.9 Å². The summed E-state index contributed by atoms with van der Waals surface area (Å²) in [5, 5.41) is 3.04. The Hall–Kier alpha value is -2.10. The van der Waals surface area contributed by atoms with Gasteiger partial charge in [-0.2, -0.15) is 0 Å². The summed E-state index contributed by atoms with van der Waals surface area (Å²) in [4.78, 5) is 23.7. The Morgan fingerprint density at radius 3 is 2.83 bits per heavy atom. The number of hydrogen-bond acceptors (Lipinski definition) is 7. The number of nitrogen functional groups attached to an aromatic ring is 1. The van der Waals surface area contributed by atoms with Gasteiger partial charge in [-0.3, -0.25) is 9.69 Å². The van der Waals surface area contributed by atoms with E-state index in [4.69, 9.17) is 10.5 Å². The predicted octanol–water partition coefficient (Wildman–Crippen LogP) is 2.55. The molecule has 1 aromatic heterocycles. The number of aromatic nitrogens is 2. The molecule has 9 heteroatoms. The number of aromatic amines is 1. The summed E-state index contributed by atoms with van der Waals surface area (Å²) in [5.74, 6) is 0.227. The monoisotopic (exact) mass is 462 g/mol. The van der Waals surface area contributed by atoms with Gasteiger partial charge in [-0.15, -0.1) is 0 Å². The van der Waals surface area contributed by atoms with Crippen LogP contribution in [0.5, 0.6) is 0 Å². The third-order valence-corrected chi connectivity index (χ3v) is 6.13. The first kappa shape index (κ1) is 20.2. The molecule has 2 saturated heterocycles. The summed E-state index contributed by atoms with van der Waals surface area (Å²) in [6.45, 7) is 7.00. The number of hydrogen-bond donors (Lipinski definition) is 3. The molecule has 8 nitrogen and oxygen atoms in total. The second kappa shape index (κ2) is 8.73. The number of halogens is 1. The van der Waals surface area contributed by atoms with Crippen molar-refractivity contribution in [2.75, 3.05) is 48.8 Å². The first-order valence-electron chi connectivity index (χ1n) is 10.0. The molecule has 0 unspecified atom stereocenters. The predicted molar refractivity (Wildman–Crippen MR) is 119 cm³/mol. The first-order chi connectivity index (χ1) is 14.0. The molecule has 29 heavy (non-hydrogen) atoms. The number of piperazine rings is 1. The number of ether oxygens (including phenoxy) is 1. The average Bonchev–Trinajstić information content (AvgIpc) is 2.72. The number of nitrogens with one attached hydrogen (secondary N) is 2. The standard InChI is InChI=1S/C20H27BrN6O2/c1-13-12-26(15-4-8-29-9-5-15)6-7-27(13)17-3-2-14(10-16(17)22)24-19-20(28)23-11-18(21)25-19/h2-3,10-11,13,15H,4-9,12,22H2,1H3,(H,23,28)(H,24,25)/t13-/m0/s1. The highest BCUT2D eigenvalue weighted by Crippen LogP contribution is 2.31. The van der Waals surface area contributed by atoms with Gasteiger partial charge in [0.15, 0.2) is 5.82 Å². The molecule has 2 aromatic rings. The Bertz CT molecular complexity index is 914. The van der Waals surface area contributed by atoms with Gasteiger partial charge in [-0.1, -0.05) is 0 Å². The lowest BCUT2D eigenvalue weighted by Gasteiger charge is -2.45. The second-order valence-electron chi connectivity index (χ2n) is 7.68. The van der Waals surface area contributed by atoms with Crippen LogP contribution in [0, 0.1) is 0 Å². The van der Waals surface area contributed by atoms with E-state index in [1.165, 1.54) is 6.20 Å². The molecular formula is C20H27BrN6O2. The van der Waals surface area contributed by atoms with Crippen LogP contribution in [0.1, 0.15) is 19.8 Å². The number of H-pyrrole nitrogens is 1. The summed E-state index contributed by atoms with van der Waals surface area (Å²) in [6.07, 6.45) is 3.75. The average molecular weight is 463 g/mol. The third kappa shape index (κ3) is 4.57. The fourth-order valence-electron chi connectivity index (χ4n) is 4.22. The maximum atomic E-state index is 11.9. The summed E-state index contributed by atoms with van der Waals surface area (Å²) >= 11 is 3.26. The minimum atomic E-state index is -0.284. The fraction of sp³-hybridized carbons (Fsp3) is 0.500. The van der Waals surface area contributed by atoms with E-state index in [9.17, 15) is 4.79 Å². The lowest BCUT2D eigenvalue weighted by Crippen LogP contribution is -2.56. The van der Waals surface area contributed by atoms with Crippen LogP contribution in [0.2, 0.25) is 0 Å². The molecule has 0 spiro atoms. The highest BCUT2D eigenvalue weighted by Gasteiger charge is 2.30. The Labute approximate surface area is 178 Å². The summed E-state index contributed by atoms with van der Waals surface area (Å²) in [6, 6.07) is 6.82. The quantitative estimate of drug-likeness (QED) is 0.600. The lowest BCUT2D eigenvalue weighted by molar-refractivity contribution is 0.0280. The van der Waals surface area contributed by atoms with Crippen LogP contribution in [-0.2, 0) is 4.74 Å². The van der Waals surface area contributed by atoms with Crippen molar-refractivity contribution in [1.29, 1.82) is 0 Å². The highest BCUT2D eigenvalue weighted by molar-refractivity contribution is 9.10. The maximum absolute atomic E-state index is 11.9. The normalized spacial score (nSPS) is 21.3. The van der Waals surface area contributed by atoms with Crippen LogP contribution in [-0.4, -0.2) is 59.8 Å². The van der Waals surface area contributed by atoms with Gasteiger partial charge in [0.1, 0.15) is 4.60 Å². The van der Waals surface area contributed by atoms with E-state index < -0.39 is 0 Å². The molecule has 1 aromatic carbocycles. The van der Waals surface area contributed by atoms with Gasteiger partial charge in [0.25, 0.3) is 5.56 Å². The number of nitrogens with two attached hydrogens (primary N) is 1. The van der Waals surface area contributed by atoms with Crippen molar-refractivity contribution < 1.29 is 4.74 Å². The zero-order valence-electron chi connectivity index (χ0n) is 16.5. The van der Waals surface area contributed by atoms with Gasteiger partial charge in [0, 0.05) is 56.8 Å². The Balaban J connectivity index is 1.45. The van der Waals surface area contributed by atoms with E-state index in [2.05, 4.69) is 47.9 Å². The summed E-state index contributed by atoms with van der Waals surface area (Å²) < 4.78 is 6.06. The van der Waals surface area contributed by atoms with E-state index in [1.807, 2.05) is 18.2 Å². The molecule has 0 bridgehead atoms. The van der Waals surface area contributed by atoms with E-state index in [0.29, 0.717) is 22.4 Å². The van der Waals surface area contributed by atoms with Crippen molar-refractivity contribution in [1.82, 2.24) is 14.9 Å². The molecule has 0 aliphatic carbocycles. The largest absolute Gasteiger partial charge is 0.397 e. The minimum absolute atomic E-state index is 0.227. The second-order valence-corrected chi connectivity index (χ2v) is 8.49. The number of benzene rings is 1. The van der Waals surface area contributed by atoms with Crippen molar-refractivity contribution in [2.24, 2.45) is 0 Å². The molecule has 3 heterocycles. The van der Waals surface area contributed by atoms with Crippen molar-refractivity contribution in [3.63, 3.8) is 0 Å². The minimum Gasteiger partial charge on any atom is -0.397 e. The van der Waals surface area contributed by atoms with Crippen molar-refractivity contribution in [3.05, 3.63) is 39.4 Å². The SMILES string of the molecule is C[C@H]1CN(C2CCOCC2)CCN1c1ccc(Nc2nc(Br)c[nH]c2=O)cc1N. The Morgan fingerprint density at radius 2 is 2.10 bits per heavy atom. The fourth-order valence-corrected chi connectivity index (χ4v) is 4.52. The Morgan fingerprint density at radius 1 is 1.31 bits per heavy atom. The zero-order valence-corrected chi connectivity index (χ0v) is 18.1. The van der Waals surface area contributed by atoms with E-state index in [1.54, 1.807) is 0 Å². The van der Waals surface area contributed by atoms with E-state index in [0.717, 1.165) is 57.1 Å². The van der Waals surface area contributed by atoms with Gasteiger partial charge >= 0.3 is 0 Å². The van der Waals surface area contributed by atoms with Crippen LogP contribution < -0.4 is 21.5 Å². The summed E-state index contributed by atoms with van der Waals surface area (Å²) in [5.41, 5.74) is 8.56. The van der Waals surface area contributed by atoms with Gasteiger partial charge in [-0.05, 0) is 53.9 Å². The van der Waals surface area contributed by atoms with Gasteiger partial charge in [0.05, 0.1) is 11.4 Å². The molecule has 0 radical (unpaired) electrons. The Kier molecular flexibility index (Phi) is 6.07. The van der Waals surface area contributed by atoms with Crippen molar-refractivity contribution in [3.8, 4) is 0 Å². The van der Waals surface area contributed by atoms with Crippen LogP contribution in [0.15, 0.2) is 33.8 Å². The molecule has 4 rings (SSSR count). The summed E-state index contributed by atoms with van der Waals surface area (Å²) in [7, 11) is 0. The molecule has 1 atom stereocenters. The van der Waals surface area contributed by atoms with Crippen LogP contribution in [0.3, 0.4) is 0 Å². The number of nitrogens with zero attached hydrogens (tertiary/aromatic N) is 3. The van der Waals surface area contributed by atoms with E-state index in [-0.39, 0.29) is 11.4 Å². The number of rotatable bonds is 4. The maximum Gasteiger partial charge on any atom is 0.291 e. The number of anilines is 4. The molecule has 2 fully saturated rings. The van der Waals surface area contributed by atoms with E-state index >= 15 is 0 Å². The molecule has 2 aliphatic heterocycles. The molecule has 2 aliphatic rings. The van der Waals surface area contributed by atoms with Crippen LogP contribution >= 0.6 is 15.9 Å². The molecule has 156 valence electrons. The van der Waals surface area contributed by atoms with Gasteiger partial charge < -0.3 is 25.7 Å². The molecular weight excluding hydrogens is 436 g/mol. The van der Waals surface area contributed by atoms with Crippen molar-refractivity contribution in [2.45, 2.75) is 31.8 Å². The third-order valence-electron chi connectivity index (χ3n) is 5.72. The topological polar surface area (TPSA) is 99.5 Å². The smallest absolute Gasteiger partial charge is 0.291 e.